The number of nitrogens with zero attached hydrogens (tertiary/aromatic N) is 1. The van der Waals surface area contributed by atoms with Crippen LogP contribution in [0, 0.1) is 23.2 Å². The van der Waals surface area contributed by atoms with Crippen LogP contribution in [0.25, 0.3) is 0 Å². The zero-order valence-corrected chi connectivity index (χ0v) is 15.4. The van der Waals surface area contributed by atoms with Gasteiger partial charge in [0.1, 0.15) is 0 Å². The van der Waals surface area contributed by atoms with Crippen LogP contribution in [0.5, 0.6) is 0 Å². The van der Waals surface area contributed by atoms with E-state index in [-0.39, 0.29) is 11.3 Å². The minimum Gasteiger partial charge on any atom is -0.381 e. The van der Waals surface area contributed by atoms with E-state index in [0.717, 1.165) is 38.9 Å². The van der Waals surface area contributed by atoms with Gasteiger partial charge in [0.2, 0.25) is 5.91 Å². The summed E-state index contributed by atoms with van der Waals surface area (Å²) in [7, 11) is 0. The molecule has 2 aliphatic heterocycles. The smallest absolute Gasteiger partial charge is 0.226 e. The van der Waals surface area contributed by atoms with E-state index in [2.05, 4.69) is 46.4 Å². The normalized spacial score (nSPS) is 30.1. The molecule has 3 nitrogen and oxygen atoms in total. The molecular formula is C19H35NO2. The fraction of sp³-hybridized carbons (Fsp3) is 0.947. The molecule has 0 aliphatic carbocycles. The number of ether oxygens (including phenoxy) is 1. The number of carbonyl (C=O) groups is 1. The van der Waals surface area contributed by atoms with E-state index in [1.165, 1.54) is 0 Å². The quantitative estimate of drug-likeness (QED) is 0.782. The Bertz CT molecular complexity index is 385. The highest BCUT2D eigenvalue weighted by atomic mass is 16.5. The van der Waals surface area contributed by atoms with Crippen molar-refractivity contribution in [1.29, 1.82) is 0 Å². The molecule has 0 aromatic rings. The van der Waals surface area contributed by atoms with Crippen LogP contribution in [0.15, 0.2) is 0 Å². The zero-order chi connectivity index (χ0) is 16.5. The van der Waals surface area contributed by atoms with Gasteiger partial charge in [-0.15, -0.1) is 0 Å². The van der Waals surface area contributed by atoms with Crippen molar-refractivity contribution in [2.45, 2.75) is 79.3 Å². The SMILES string of the molecule is CC(C)C(C(=O)N1C(C)CC[C@H]1C(C)C)C1(C)CCOCC1. The summed E-state index contributed by atoms with van der Waals surface area (Å²) in [5, 5.41) is 0. The zero-order valence-electron chi connectivity index (χ0n) is 15.4. The number of likely N-dealkylation sites (tertiary alicyclic amines) is 1. The third-order valence-corrected chi connectivity index (χ3v) is 6.05. The van der Waals surface area contributed by atoms with Gasteiger partial charge in [0.25, 0.3) is 0 Å². The van der Waals surface area contributed by atoms with Gasteiger partial charge < -0.3 is 9.64 Å². The number of hydrogen-bond acceptors (Lipinski definition) is 2. The second kappa shape index (κ2) is 6.90. The van der Waals surface area contributed by atoms with Crippen LogP contribution in [-0.4, -0.2) is 36.1 Å². The van der Waals surface area contributed by atoms with E-state index >= 15 is 0 Å². The van der Waals surface area contributed by atoms with Crippen LogP contribution in [-0.2, 0) is 9.53 Å². The molecule has 2 heterocycles. The molecule has 0 N–H and O–H groups in total. The standard InChI is InChI=1S/C19H35NO2/c1-13(2)16-8-7-15(5)20(16)18(21)17(14(3)4)19(6)9-11-22-12-10-19/h13-17H,7-12H2,1-6H3/t15?,16-,17?/m0/s1. The van der Waals surface area contributed by atoms with Gasteiger partial charge in [0, 0.05) is 31.2 Å². The second-order valence-corrected chi connectivity index (χ2v) is 8.47. The highest BCUT2D eigenvalue weighted by Gasteiger charge is 2.47. The minimum atomic E-state index is 0.0906. The Kier molecular flexibility index (Phi) is 5.58. The van der Waals surface area contributed by atoms with Crippen LogP contribution < -0.4 is 0 Å². The van der Waals surface area contributed by atoms with Crippen LogP contribution in [0.3, 0.4) is 0 Å². The van der Waals surface area contributed by atoms with E-state index in [0.29, 0.717) is 29.8 Å². The summed E-state index contributed by atoms with van der Waals surface area (Å²) in [4.78, 5) is 15.7. The lowest BCUT2D eigenvalue weighted by atomic mass is 9.66. The first kappa shape index (κ1) is 17.8. The predicted octanol–water partition coefficient (Wildman–Crippen LogP) is 4.11. The topological polar surface area (TPSA) is 29.5 Å². The largest absolute Gasteiger partial charge is 0.381 e. The molecule has 2 rings (SSSR count). The Balaban J connectivity index is 2.25. The summed E-state index contributed by atoms with van der Waals surface area (Å²) in [5.74, 6) is 1.46. The van der Waals surface area contributed by atoms with E-state index in [9.17, 15) is 4.79 Å². The van der Waals surface area contributed by atoms with Crippen molar-refractivity contribution < 1.29 is 9.53 Å². The Morgan fingerprint density at radius 3 is 2.23 bits per heavy atom. The monoisotopic (exact) mass is 309 g/mol. The van der Waals surface area contributed by atoms with Crippen molar-refractivity contribution in [3.63, 3.8) is 0 Å². The summed E-state index contributed by atoms with van der Waals surface area (Å²) in [6.07, 6.45) is 4.33. The first-order chi connectivity index (χ1) is 10.3. The molecule has 0 spiro atoms. The Labute approximate surface area is 136 Å². The maximum Gasteiger partial charge on any atom is 0.226 e. The summed E-state index contributed by atoms with van der Waals surface area (Å²) in [5.41, 5.74) is 0.0906. The van der Waals surface area contributed by atoms with E-state index < -0.39 is 0 Å². The van der Waals surface area contributed by atoms with E-state index in [1.807, 2.05) is 0 Å². The molecule has 128 valence electrons. The van der Waals surface area contributed by atoms with Crippen LogP contribution in [0.1, 0.15) is 67.2 Å². The van der Waals surface area contributed by atoms with E-state index in [1.54, 1.807) is 0 Å². The molecule has 2 unspecified atom stereocenters. The molecule has 1 amide bonds. The average molecular weight is 309 g/mol. The van der Waals surface area contributed by atoms with Crippen molar-refractivity contribution in [2.75, 3.05) is 13.2 Å². The molecule has 0 saturated carbocycles. The van der Waals surface area contributed by atoms with Gasteiger partial charge in [-0.3, -0.25) is 4.79 Å². The van der Waals surface area contributed by atoms with Gasteiger partial charge in [-0.1, -0.05) is 34.6 Å². The summed E-state index contributed by atoms with van der Waals surface area (Å²) in [6, 6.07) is 0.816. The number of carbonyl (C=O) groups excluding carboxylic acids is 1. The third-order valence-electron chi connectivity index (χ3n) is 6.05. The number of amides is 1. The molecule has 3 atom stereocenters. The van der Waals surface area contributed by atoms with Gasteiger partial charge >= 0.3 is 0 Å². The van der Waals surface area contributed by atoms with E-state index in [4.69, 9.17) is 4.74 Å². The van der Waals surface area contributed by atoms with Crippen molar-refractivity contribution in [1.82, 2.24) is 4.90 Å². The van der Waals surface area contributed by atoms with Crippen molar-refractivity contribution in [3.8, 4) is 0 Å². The van der Waals surface area contributed by atoms with Gasteiger partial charge in [-0.05, 0) is 49.9 Å². The predicted molar refractivity (Wildman–Crippen MR) is 90.7 cm³/mol. The van der Waals surface area contributed by atoms with Gasteiger partial charge in [-0.25, -0.2) is 0 Å². The van der Waals surface area contributed by atoms with Crippen LogP contribution in [0.2, 0.25) is 0 Å². The maximum atomic E-state index is 13.5. The fourth-order valence-corrected chi connectivity index (χ4v) is 4.75. The summed E-state index contributed by atoms with van der Waals surface area (Å²) >= 11 is 0. The molecule has 0 bridgehead atoms. The first-order valence-corrected chi connectivity index (χ1v) is 9.18. The molecule has 0 radical (unpaired) electrons. The summed E-state index contributed by atoms with van der Waals surface area (Å²) in [6.45, 7) is 15.1. The van der Waals surface area contributed by atoms with Gasteiger partial charge in [0.15, 0.2) is 0 Å². The molecule has 0 aromatic carbocycles. The molecule has 2 aliphatic rings. The number of rotatable bonds is 4. The lowest BCUT2D eigenvalue weighted by molar-refractivity contribution is -0.149. The first-order valence-electron chi connectivity index (χ1n) is 9.18. The highest BCUT2D eigenvalue weighted by Crippen LogP contribution is 2.44. The van der Waals surface area contributed by atoms with Crippen molar-refractivity contribution in [3.05, 3.63) is 0 Å². The fourth-order valence-electron chi connectivity index (χ4n) is 4.75. The Morgan fingerprint density at radius 1 is 1.14 bits per heavy atom. The second-order valence-electron chi connectivity index (χ2n) is 8.47. The van der Waals surface area contributed by atoms with Gasteiger partial charge in [-0.2, -0.15) is 0 Å². The lowest BCUT2D eigenvalue weighted by Gasteiger charge is -2.45. The molecular weight excluding hydrogens is 274 g/mol. The molecule has 2 fully saturated rings. The van der Waals surface area contributed by atoms with Crippen molar-refractivity contribution >= 4 is 5.91 Å². The lowest BCUT2D eigenvalue weighted by Crippen LogP contribution is -2.52. The van der Waals surface area contributed by atoms with Crippen LogP contribution in [0.4, 0.5) is 0 Å². The highest BCUT2D eigenvalue weighted by molar-refractivity contribution is 5.81. The average Bonchev–Trinajstić information content (AvgIpc) is 2.80. The number of hydrogen-bond donors (Lipinski definition) is 0. The minimum absolute atomic E-state index is 0.0906. The van der Waals surface area contributed by atoms with Crippen LogP contribution >= 0.6 is 0 Å². The molecule has 3 heteroatoms. The van der Waals surface area contributed by atoms with Crippen molar-refractivity contribution in [2.24, 2.45) is 23.2 Å². The molecule has 22 heavy (non-hydrogen) atoms. The molecule has 0 aromatic heterocycles. The Hall–Kier alpha value is -0.570. The maximum absolute atomic E-state index is 13.5. The summed E-state index contributed by atoms with van der Waals surface area (Å²) < 4.78 is 5.56. The van der Waals surface area contributed by atoms with Gasteiger partial charge in [0.05, 0.1) is 0 Å². The Morgan fingerprint density at radius 2 is 1.73 bits per heavy atom. The molecule has 2 saturated heterocycles. The third kappa shape index (κ3) is 3.34.